The van der Waals surface area contributed by atoms with Gasteiger partial charge in [0, 0.05) is 5.69 Å². The molecule has 1 amide bonds. The number of hydrogen-bond acceptors (Lipinski definition) is 5. The van der Waals surface area contributed by atoms with Gasteiger partial charge < -0.3 is 10.1 Å². The first-order chi connectivity index (χ1) is 12.3. The summed E-state index contributed by atoms with van der Waals surface area (Å²) >= 11 is 0. The van der Waals surface area contributed by atoms with Crippen LogP contribution in [-0.4, -0.2) is 33.7 Å². The summed E-state index contributed by atoms with van der Waals surface area (Å²) in [6.07, 6.45) is 1.01. The van der Waals surface area contributed by atoms with Crippen LogP contribution in [0.2, 0.25) is 0 Å². The molecule has 8 heteroatoms. The van der Waals surface area contributed by atoms with Gasteiger partial charge in [-0.15, -0.1) is 0 Å². The first-order valence-corrected chi connectivity index (χ1v) is 9.69. The van der Waals surface area contributed by atoms with Gasteiger partial charge in [-0.05, 0) is 49.4 Å². The average Bonchev–Trinajstić information content (AvgIpc) is 2.60. The molecule has 0 aliphatic heterocycles. The number of amides is 1. The van der Waals surface area contributed by atoms with Crippen LogP contribution in [0.4, 0.5) is 11.4 Å². The van der Waals surface area contributed by atoms with E-state index >= 15 is 0 Å². The molecule has 0 spiro atoms. The van der Waals surface area contributed by atoms with Crippen LogP contribution in [0.1, 0.15) is 12.5 Å². The molecular weight excluding hydrogens is 354 g/mol. The Morgan fingerprint density at radius 3 is 2.50 bits per heavy atom. The molecule has 0 radical (unpaired) electrons. The molecule has 2 aromatic carbocycles. The van der Waals surface area contributed by atoms with Gasteiger partial charge in [-0.3, -0.25) is 9.10 Å². The minimum absolute atomic E-state index is 0.258. The van der Waals surface area contributed by atoms with Crippen molar-refractivity contribution in [3.8, 4) is 11.8 Å². The fraction of sp³-hybridized carbons (Fsp3) is 0.222. The number of nitrogens with zero attached hydrogens (tertiary/aromatic N) is 2. The van der Waals surface area contributed by atoms with E-state index in [4.69, 9.17) is 10.00 Å². The number of anilines is 2. The fourth-order valence-electron chi connectivity index (χ4n) is 2.26. The van der Waals surface area contributed by atoms with Crippen molar-refractivity contribution in [3.05, 3.63) is 54.1 Å². The molecule has 136 valence electrons. The topological polar surface area (TPSA) is 99.5 Å². The molecule has 0 aromatic heterocycles. The molecule has 0 heterocycles. The lowest BCUT2D eigenvalue weighted by molar-refractivity contribution is -0.114. The van der Waals surface area contributed by atoms with Gasteiger partial charge in [-0.2, -0.15) is 5.26 Å². The van der Waals surface area contributed by atoms with Gasteiger partial charge in [0.15, 0.2) is 0 Å². The standard InChI is InChI=1S/C18H19N3O4S/c1-3-25-17-9-7-15(8-10-17)20-18(22)13-21(26(2,23)24)16-6-4-5-14(11-16)12-19/h4-11H,3,13H2,1-2H3,(H,20,22). The Labute approximate surface area is 152 Å². The molecule has 0 saturated carbocycles. The second-order valence-corrected chi connectivity index (χ2v) is 7.34. The average molecular weight is 373 g/mol. The molecule has 0 fully saturated rings. The predicted octanol–water partition coefficient (Wildman–Crippen LogP) is 2.36. The van der Waals surface area contributed by atoms with Crippen molar-refractivity contribution in [1.82, 2.24) is 0 Å². The third-order valence-corrected chi connectivity index (χ3v) is 4.54. The van der Waals surface area contributed by atoms with Crippen molar-refractivity contribution < 1.29 is 17.9 Å². The SMILES string of the molecule is CCOc1ccc(NC(=O)CN(c2cccc(C#N)c2)S(C)(=O)=O)cc1. The molecule has 0 unspecified atom stereocenters. The lowest BCUT2D eigenvalue weighted by Crippen LogP contribution is -2.37. The number of carbonyl (C=O) groups is 1. The highest BCUT2D eigenvalue weighted by Crippen LogP contribution is 2.20. The zero-order valence-corrected chi connectivity index (χ0v) is 15.3. The Morgan fingerprint density at radius 1 is 1.23 bits per heavy atom. The Bertz CT molecular complexity index is 918. The van der Waals surface area contributed by atoms with E-state index in [1.165, 1.54) is 12.1 Å². The van der Waals surface area contributed by atoms with Gasteiger partial charge in [0.25, 0.3) is 0 Å². The predicted molar refractivity (Wildman–Crippen MR) is 99.6 cm³/mol. The molecule has 26 heavy (non-hydrogen) atoms. The highest BCUT2D eigenvalue weighted by atomic mass is 32.2. The van der Waals surface area contributed by atoms with E-state index in [0.29, 0.717) is 23.6 Å². The summed E-state index contributed by atoms with van der Waals surface area (Å²) in [5.41, 5.74) is 1.09. The van der Waals surface area contributed by atoms with Crippen molar-refractivity contribution >= 4 is 27.3 Å². The van der Waals surface area contributed by atoms with Crippen molar-refractivity contribution in [2.75, 3.05) is 29.0 Å². The number of nitrogens with one attached hydrogen (secondary N) is 1. The molecule has 0 atom stereocenters. The monoisotopic (exact) mass is 373 g/mol. The van der Waals surface area contributed by atoms with Gasteiger partial charge >= 0.3 is 0 Å². The number of rotatable bonds is 7. The summed E-state index contributed by atoms with van der Waals surface area (Å²) in [5.74, 6) is 0.179. The van der Waals surface area contributed by atoms with E-state index < -0.39 is 22.5 Å². The summed E-state index contributed by atoms with van der Waals surface area (Å²) in [5, 5.41) is 11.6. The third-order valence-electron chi connectivity index (χ3n) is 3.40. The Balaban J connectivity index is 2.15. The second-order valence-electron chi connectivity index (χ2n) is 5.44. The zero-order valence-electron chi connectivity index (χ0n) is 14.5. The Morgan fingerprint density at radius 2 is 1.92 bits per heavy atom. The Hall–Kier alpha value is -3.05. The normalized spacial score (nSPS) is 10.7. The van der Waals surface area contributed by atoms with Gasteiger partial charge in [0.1, 0.15) is 12.3 Å². The maximum absolute atomic E-state index is 12.3. The van der Waals surface area contributed by atoms with Gasteiger partial charge in [-0.25, -0.2) is 8.42 Å². The molecule has 2 aromatic rings. The summed E-state index contributed by atoms with van der Waals surface area (Å²) in [6.45, 7) is 2.01. The van der Waals surface area contributed by atoms with Gasteiger partial charge in [0.2, 0.25) is 15.9 Å². The molecule has 0 saturated heterocycles. The van der Waals surface area contributed by atoms with Crippen LogP contribution in [0.25, 0.3) is 0 Å². The Kier molecular flexibility index (Phi) is 6.20. The first kappa shape index (κ1) is 19.3. The van der Waals surface area contributed by atoms with Gasteiger partial charge in [-0.1, -0.05) is 6.07 Å². The lowest BCUT2D eigenvalue weighted by Gasteiger charge is -2.22. The smallest absolute Gasteiger partial charge is 0.245 e. The summed E-state index contributed by atoms with van der Waals surface area (Å²) in [7, 11) is -3.70. The van der Waals surface area contributed by atoms with Crippen LogP contribution >= 0.6 is 0 Å². The minimum atomic E-state index is -3.70. The lowest BCUT2D eigenvalue weighted by atomic mass is 10.2. The summed E-state index contributed by atoms with van der Waals surface area (Å²) < 4.78 is 30.4. The van der Waals surface area contributed by atoms with Crippen LogP contribution in [0.3, 0.4) is 0 Å². The van der Waals surface area contributed by atoms with Crippen molar-refractivity contribution in [2.45, 2.75) is 6.92 Å². The third kappa shape index (κ3) is 5.22. The van der Waals surface area contributed by atoms with Crippen LogP contribution in [-0.2, 0) is 14.8 Å². The van der Waals surface area contributed by atoms with Crippen LogP contribution in [0.15, 0.2) is 48.5 Å². The number of carbonyl (C=O) groups excluding carboxylic acids is 1. The van der Waals surface area contributed by atoms with Gasteiger partial charge in [0.05, 0.1) is 30.2 Å². The number of ether oxygens (including phenoxy) is 1. The maximum Gasteiger partial charge on any atom is 0.245 e. The molecule has 2 rings (SSSR count). The second kappa shape index (κ2) is 8.36. The molecular formula is C18H19N3O4S. The van der Waals surface area contributed by atoms with E-state index in [9.17, 15) is 13.2 Å². The number of hydrogen-bond donors (Lipinski definition) is 1. The molecule has 0 aliphatic rings. The number of sulfonamides is 1. The summed E-state index contributed by atoms with van der Waals surface area (Å²) in [6, 6.07) is 14.8. The van der Waals surface area contributed by atoms with Crippen LogP contribution in [0, 0.1) is 11.3 Å². The van der Waals surface area contributed by atoms with E-state index in [1.54, 1.807) is 36.4 Å². The first-order valence-electron chi connectivity index (χ1n) is 7.84. The highest BCUT2D eigenvalue weighted by molar-refractivity contribution is 7.92. The van der Waals surface area contributed by atoms with E-state index in [-0.39, 0.29) is 5.69 Å². The number of nitriles is 1. The molecule has 0 aliphatic carbocycles. The molecule has 1 N–H and O–H groups in total. The van der Waals surface area contributed by atoms with Crippen molar-refractivity contribution in [3.63, 3.8) is 0 Å². The van der Waals surface area contributed by atoms with E-state index in [1.807, 2.05) is 13.0 Å². The molecule has 0 bridgehead atoms. The minimum Gasteiger partial charge on any atom is -0.494 e. The van der Waals surface area contributed by atoms with E-state index in [2.05, 4.69) is 5.32 Å². The largest absolute Gasteiger partial charge is 0.494 e. The van der Waals surface area contributed by atoms with Crippen molar-refractivity contribution in [2.24, 2.45) is 0 Å². The van der Waals surface area contributed by atoms with E-state index in [0.717, 1.165) is 10.6 Å². The quantitative estimate of drug-likeness (QED) is 0.803. The van der Waals surface area contributed by atoms with Crippen LogP contribution in [0.5, 0.6) is 5.75 Å². The molecule has 7 nitrogen and oxygen atoms in total. The van der Waals surface area contributed by atoms with Crippen LogP contribution < -0.4 is 14.4 Å². The fourth-order valence-corrected chi connectivity index (χ4v) is 3.11. The zero-order chi connectivity index (χ0) is 19.2. The number of benzene rings is 2. The highest BCUT2D eigenvalue weighted by Gasteiger charge is 2.21. The summed E-state index contributed by atoms with van der Waals surface area (Å²) in [4.78, 5) is 12.3. The maximum atomic E-state index is 12.3. The van der Waals surface area contributed by atoms with Crippen molar-refractivity contribution in [1.29, 1.82) is 5.26 Å².